The number of aromatic nitrogens is 1. The fraction of sp³-hybridized carbons (Fsp3) is 0.400. The lowest BCUT2D eigenvalue weighted by Crippen LogP contribution is -2.08. The first-order chi connectivity index (χ1) is 9.02. The van der Waals surface area contributed by atoms with Gasteiger partial charge in [0.2, 0.25) is 0 Å². The summed E-state index contributed by atoms with van der Waals surface area (Å²) in [6.07, 6.45) is 1.06. The first-order valence-corrected chi connectivity index (χ1v) is 7.40. The Morgan fingerprint density at radius 1 is 1.32 bits per heavy atom. The monoisotopic (exact) mass is 275 g/mol. The van der Waals surface area contributed by atoms with Gasteiger partial charge in [-0.3, -0.25) is 0 Å². The van der Waals surface area contributed by atoms with Crippen molar-refractivity contribution < 1.29 is 0 Å². The van der Waals surface area contributed by atoms with Crippen molar-refractivity contribution in [3.8, 4) is 0 Å². The van der Waals surface area contributed by atoms with Crippen molar-refractivity contribution in [2.75, 3.05) is 11.9 Å². The molecule has 2 N–H and O–H groups in total. The molecule has 1 heterocycles. The molecule has 0 amide bonds. The highest BCUT2D eigenvalue weighted by molar-refractivity contribution is 7.15. The molecule has 0 fully saturated rings. The van der Waals surface area contributed by atoms with Gasteiger partial charge in [0.15, 0.2) is 5.13 Å². The lowest BCUT2D eigenvalue weighted by molar-refractivity contribution is 0.825. The van der Waals surface area contributed by atoms with Crippen LogP contribution >= 0.6 is 11.3 Å². The van der Waals surface area contributed by atoms with Crippen molar-refractivity contribution in [2.24, 2.45) is 5.73 Å². The molecule has 4 heteroatoms. The van der Waals surface area contributed by atoms with E-state index in [0.717, 1.165) is 27.8 Å². The average molecular weight is 275 g/mol. The normalized spacial score (nSPS) is 12.5. The Balaban J connectivity index is 2.27. The minimum atomic E-state index is 0.0436. The van der Waals surface area contributed by atoms with Crippen LogP contribution in [0.5, 0.6) is 0 Å². The molecule has 1 aromatic heterocycles. The van der Waals surface area contributed by atoms with E-state index < -0.39 is 0 Å². The number of benzene rings is 1. The van der Waals surface area contributed by atoms with Gasteiger partial charge in [-0.2, -0.15) is 0 Å². The summed E-state index contributed by atoms with van der Waals surface area (Å²) in [7, 11) is 2.05. The fourth-order valence-electron chi connectivity index (χ4n) is 2.03. The van der Waals surface area contributed by atoms with E-state index in [-0.39, 0.29) is 6.04 Å². The molecule has 0 aliphatic rings. The topological polar surface area (TPSA) is 42.2 Å². The van der Waals surface area contributed by atoms with Crippen LogP contribution in [0.1, 0.15) is 36.0 Å². The summed E-state index contributed by atoms with van der Waals surface area (Å²) in [5.41, 5.74) is 9.50. The standard InChI is InChI=1S/C15H21N3S/c1-5-12-6-8-13(9-7-12)18(4)15-17-11(3)14(19-15)10(2)16/h6-10H,5,16H2,1-4H3. The van der Waals surface area contributed by atoms with Crippen LogP contribution in [0.3, 0.4) is 0 Å². The molecule has 0 radical (unpaired) electrons. The molecule has 2 aromatic rings. The Morgan fingerprint density at radius 2 is 1.95 bits per heavy atom. The second-order valence-corrected chi connectivity index (χ2v) is 5.82. The first kappa shape index (κ1) is 14.0. The minimum Gasteiger partial charge on any atom is -0.323 e. The number of aryl methyl sites for hydroxylation is 2. The largest absolute Gasteiger partial charge is 0.323 e. The van der Waals surface area contributed by atoms with Crippen molar-refractivity contribution in [3.63, 3.8) is 0 Å². The molecular weight excluding hydrogens is 254 g/mol. The Kier molecular flexibility index (Phi) is 4.22. The quantitative estimate of drug-likeness (QED) is 0.922. The number of rotatable bonds is 4. The molecule has 0 aliphatic heterocycles. The van der Waals surface area contributed by atoms with Crippen LogP contribution in [-0.2, 0) is 6.42 Å². The van der Waals surface area contributed by atoms with Gasteiger partial charge >= 0.3 is 0 Å². The number of anilines is 2. The van der Waals surface area contributed by atoms with Crippen LogP contribution in [0.25, 0.3) is 0 Å². The van der Waals surface area contributed by atoms with Crippen LogP contribution in [0.2, 0.25) is 0 Å². The summed E-state index contributed by atoms with van der Waals surface area (Å²) in [5.74, 6) is 0. The molecule has 2 rings (SSSR count). The van der Waals surface area contributed by atoms with Gasteiger partial charge in [0.05, 0.1) is 5.69 Å². The molecule has 0 saturated carbocycles. The number of hydrogen-bond acceptors (Lipinski definition) is 4. The summed E-state index contributed by atoms with van der Waals surface area (Å²) in [5, 5.41) is 0.994. The lowest BCUT2D eigenvalue weighted by Gasteiger charge is -2.16. The van der Waals surface area contributed by atoms with Crippen LogP contribution in [-0.4, -0.2) is 12.0 Å². The Bertz CT molecular complexity index is 543. The minimum absolute atomic E-state index is 0.0436. The molecule has 19 heavy (non-hydrogen) atoms. The average Bonchev–Trinajstić information content (AvgIpc) is 2.80. The first-order valence-electron chi connectivity index (χ1n) is 6.58. The van der Waals surface area contributed by atoms with E-state index in [1.807, 2.05) is 20.9 Å². The van der Waals surface area contributed by atoms with E-state index in [1.54, 1.807) is 11.3 Å². The van der Waals surface area contributed by atoms with Gasteiger partial charge < -0.3 is 10.6 Å². The van der Waals surface area contributed by atoms with E-state index in [1.165, 1.54) is 5.56 Å². The second kappa shape index (κ2) is 5.72. The molecule has 0 spiro atoms. The molecule has 1 unspecified atom stereocenters. The van der Waals surface area contributed by atoms with Crippen molar-refractivity contribution in [1.82, 2.24) is 4.98 Å². The van der Waals surface area contributed by atoms with Gasteiger partial charge in [-0.05, 0) is 38.0 Å². The van der Waals surface area contributed by atoms with E-state index in [9.17, 15) is 0 Å². The number of hydrogen-bond donors (Lipinski definition) is 1. The molecule has 102 valence electrons. The van der Waals surface area contributed by atoms with Crippen LogP contribution < -0.4 is 10.6 Å². The van der Waals surface area contributed by atoms with Gasteiger partial charge in [0.1, 0.15) is 0 Å². The molecular formula is C15H21N3S. The molecule has 0 bridgehead atoms. The molecule has 0 saturated heterocycles. The van der Waals surface area contributed by atoms with E-state index in [4.69, 9.17) is 5.73 Å². The third-order valence-electron chi connectivity index (χ3n) is 3.25. The summed E-state index contributed by atoms with van der Waals surface area (Å²) in [6.45, 7) is 6.19. The maximum absolute atomic E-state index is 5.96. The zero-order valence-corrected chi connectivity index (χ0v) is 12.8. The predicted octanol–water partition coefficient (Wildman–Crippen LogP) is 3.80. The Hall–Kier alpha value is -1.39. The van der Waals surface area contributed by atoms with Crippen molar-refractivity contribution in [3.05, 3.63) is 40.4 Å². The predicted molar refractivity (Wildman–Crippen MR) is 83.3 cm³/mol. The number of nitrogens with two attached hydrogens (primary N) is 1. The molecule has 0 aliphatic carbocycles. The van der Waals surface area contributed by atoms with E-state index in [0.29, 0.717) is 0 Å². The van der Waals surface area contributed by atoms with Crippen LogP contribution in [0.4, 0.5) is 10.8 Å². The molecule has 1 atom stereocenters. The number of nitrogens with zero attached hydrogens (tertiary/aromatic N) is 2. The summed E-state index contributed by atoms with van der Waals surface area (Å²) in [4.78, 5) is 7.89. The third-order valence-corrected chi connectivity index (χ3v) is 4.69. The van der Waals surface area contributed by atoms with Crippen LogP contribution in [0.15, 0.2) is 24.3 Å². The highest BCUT2D eigenvalue weighted by atomic mass is 32.1. The fourth-order valence-corrected chi connectivity index (χ4v) is 3.03. The highest BCUT2D eigenvalue weighted by Crippen LogP contribution is 2.32. The highest BCUT2D eigenvalue weighted by Gasteiger charge is 2.14. The summed E-state index contributed by atoms with van der Waals surface area (Å²) in [6, 6.07) is 8.65. The van der Waals surface area contributed by atoms with E-state index >= 15 is 0 Å². The maximum Gasteiger partial charge on any atom is 0.190 e. The third kappa shape index (κ3) is 2.96. The van der Waals surface area contributed by atoms with Crippen LogP contribution in [0, 0.1) is 6.92 Å². The lowest BCUT2D eigenvalue weighted by atomic mass is 10.1. The van der Waals surface area contributed by atoms with E-state index in [2.05, 4.69) is 41.1 Å². The van der Waals surface area contributed by atoms with Gasteiger partial charge in [-0.25, -0.2) is 4.98 Å². The maximum atomic E-state index is 5.96. The molecule has 3 nitrogen and oxygen atoms in total. The zero-order valence-electron chi connectivity index (χ0n) is 12.0. The Labute approximate surface area is 119 Å². The zero-order chi connectivity index (χ0) is 14.0. The van der Waals surface area contributed by atoms with Gasteiger partial charge in [-0.15, -0.1) is 0 Å². The van der Waals surface area contributed by atoms with Crippen molar-refractivity contribution in [2.45, 2.75) is 33.2 Å². The second-order valence-electron chi connectivity index (χ2n) is 4.81. The molecule has 1 aromatic carbocycles. The number of thiazole rings is 1. The smallest absolute Gasteiger partial charge is 0.190 e. The Morgan fingerprint density at radius 3 is 2.42 bits per heavy atom. The van der Waals surface area contributed by atoms with Crippen molar-refractivity contribution >= 4 is 22.2 Å². The van der Waals surface area contributed by atoms with Gasteiger partial charge in [-0.1, -0.05) is 30.4 Å². The van der Waals surface area contributed by atoms with Gasteiger partial charge in [0, 0.05) is 23.7 Å². The van der Waals surface area contributed by atoms with Crippen molar-refractivity contribution in [1.29, 1.82) is 0 Å². The SMILES string of the molecule is CCc1ccc(N(C)c2nc(C)c(C(C)N)s2)cc1. The summed E-state index contributed by atoms with van der Waals surface area (Å²) < 4.78 is 0. The van der Waals surface area contributed by atoms with Gasteiger partial charge in [0.25, 0.3) is 0 Å². The summed E-state index contributed by atoms with van der Waals surface area (Å²) >= 11 is 1.67.